The molecule has 0 fully saturated rings. The summed E-state index contributed by atoms with van der Waals surface area (Å²) >= 11 is 0. The average Bonchev–Trinajstić information content (AvgIpc) is 2.49. The minimum absolute atomic E-state index is 0.0100. The summed E-state index contributed by atoms with van der Waals surface area (Å²) in [6.07, 6.45) is 3.91. The van der Waals surface area contributed by atoms with E-state index in [1.165, 1.54) is 13.2 Å². The minimum atomic E-state index is -3.62. The Bertz CT molecular complexity index is 738. The molecule has 0 bridgehead atoms. The van der Waals surface area contributed by atoms with Crippen LogP contribution in [0, 0.1) is 0 Å². The lowest BCUT2D eigenvalue weighted by Crippen LogP contribution is -2.24. The highest BCUT2D eigenvalue weighted by Crippen LogP contribution is 2.37. The van der Waals surface area contributed by atoms with Gasteiger partial charge in [-0.15, -0.1) is 0 Å². The Morgan fingerprint density at radius 3 is 2.42 bits per heavy atom. The standard InChI is InChI=1S/C16H25N3O4S/c1-5-6-7-10(2)11-8-9-12(15(20)19-16(17)18)13(23-3)14(11)24(4,21)22/h8-10H,5-7H2,1-4H3,(H4,17,18,19,20). The highest BCUT2D eigenvalue weighted by Gasteiger charge is 2.27. The van der Waals surface area contributed by atoms with Crippen molar-refractivity contribution in [3.63, 3.8) is 0 Å². The Kier molecular flexibility index (Phi) is 6.77. The molecular weight excluding hydrogens is 330 g/mol. The topological polar surface area (TPSA) is 125 Å². The van der Waals surface area contributed by atoms with E-state index in [0.717, 1.165) is 25.5 Å². The molecule has 7 nitrogen and oxygen atoms in total. The van der Waals surface area contributed by atoms with Gasteiger partial charge < -0.3 is 16.2 Å². The number of rotatable bonds is 7. The van der Waals surface area contributed by atoms with Crippen LogP contribution in [0.2, 0.25) is 0 Å². The smallest absolute Gasteiger partial charge is 0.283 e. The van der Waals surface area contributed by atoms with Crippen LogP contribution in [0.5, 0.6) is 5.75 Å². The van der Waals surface area contributed by atoms with Gasteiger partial charge in [0.1, 0.15) is 4.90 Å². The number of amides is 1. The van der Waals surface area contributed by atoms with Crippen molar-refractivity contribution in [3.05, 3.63) is 23.3 Å². The van der Waals surface area contributed by atoms with Gasteiger partial charge in [0.2, 0.25) is 0 Å². The van der Waals surface area contributed by atoms with Gasteiger partial charge in [-0.05, 0) is 24.0 Å². The molecule has 0 aliphatic carbocycles. The predicted octanol–water partition coefficient (Wildman–Crippen LogP) is 1.81. The highest BCUT2D eigenvalue weighted by molar-refractivity contribution is 7.90. The molecule has 0 saturated heterocycles. The van der Waals surface area contributed by atoms with Crippen molar-refractivity contribution in [1.29, 1.82) is 0 Å². The fraction of sp³-hybridized carbons (Fsp3) is 0.500. The summed E-state index contributed by atoms with van der Waals surface area (Å²) in [6, 6.07) is 3.13. The second-order valence-corrected chi connectivity index (χ2v) is 7.67. The third kappa shape index (κ3) is 4.70. The largest absolute Gasteiger partial charge is 0.495 e. The van der Waals surface area contributed by atoms with Gasteiger partial charge in [-0.25, -0.2) is 8.42 Å². The number of sulfone groups is 1. The summed E-state index contributed by atoms with van der Waals surface area (Å²) in [7, 11) is -2.30. The van der Waals surface area contributed by atoms with Crippen LogP contribution in [0.3, 0.4) is 0 Å². The number of aliphatic imine (C=N–C) groups is 1. The molecule has 24 heavy (non-hydrogen) atoms. The van der Waals surface area contributed by atoms with Gasteiger partial charge in [-0.1, -0.05) is 32.8 Å². The second-order valence-electron chi connectivity index (χ2n) is 5.72. The molecule has 1 aromatic rings. The normalized spacial score (nSPS) is 12.5. The molecule has 8 heteroatoms. The van der Waals surface area contributed by atoms with Crippen LogP contribution >= 0.6 is 0 Å². The summed E-state index contributed by atoms with van der Waals surface area (Å²) in [5, 5.41) is 0. The number of nitrogens with zero attached hydrogens (tertiary/aromatic N) is 1. The van der Waals surface area contributed by atoms with Gasteiger partial charge >= 0.3 is 0 Å². The third-order valence-electron chi connectivity index (χ3n) is 3.70. The summed E-state index contributed by atoms with van der Waals surface area (Å²) in [5.41, 5.74) is 11.1. The maximum absolute atomic E-state index is 12.3. The molecule has 4 N–H and O–H groups in total. The van der Waals surface area contributed by atoms with Crippen LogP contribution in [0.15, 0.2) is 22.0 Å². The quantitative estimate of drug-likeness (QED) is 0.567. The molecule has 0 heterocycles. The zero-order valence-corrected chi connectivity index (χ0v) is 15.3. The molecule has 0 aliphatic rings. The molecular formula is C16H25N3O4S. The summed E-state index contributed by atoms with van der Waals surface area (Å²) in [5.74, 6) is -1.16. The van der Waals surface area contributed by atoms with Gasteiger partial charge in [0, 0.05) is 6.26 Å². The molecule has 1 unspecified atom stereocenters. The summed E-state index contributed by atoms with van der Waals surface area (Å²) in [6.45, 7) is 4.03. The van der Waals surface area contributed by atoms with Crippen molar-refractivity contribution in [2.24, 2.45) is 16.5 Å². The SMILES string of the molecule is CCCCC(C)c1ccc(C(=O)N=C(N)N)c(OC)c1S(C)(=O)=O. The number of hydrogen-bond donors (Lipinski definition) is 2. The van der Waals surface area contributed by atoms with Gasteiger partial charge in [-0.3, -0.25) is 4.79 Å². The first-order chi connectivity index (χ1) is 11.1. The van der Waals surface area contributed by atoms with Crippen LogP contribution in [-0.2, 0) is 9.84 Å². The van der Waals surface area contributed by atoms with Gasteiger partial charge in [-0.2, -0.15) is 4.99 Å². The molecule has 1 atom stereocenters. The fourth-order valence-corrected chi connectivity index (χ4v) is 3.79. The minimum Gasteiger partial charge on any atom is -0.495 e. The summed E-state index contributed by atoms with van der Waals surface area (Å²) < 4.78 is 29.9. The van der Waals surface area contributed by atoms with Crippen LogP contribution in [0.4, 0.5) is 0 Å². The maximum atomic E-state index is 12.3. The number of carbonyl (C=O) groups excluding carboxylic acids is 1. The first-order valence-electron chi connectivity index (χ1n) is 7.68. The molecule has 0 saturated carbocycles. The third-order valence-corrected chi connectivity index (χ3v) is 4.86. The average molecular weight is 355 g/mol. The number of carbonyl (C=O) groups is 1. The molecule has 134 valence electrons. The molecule has 1 aromatic carbocycles. The van der Waals surface area contributed by atoms with Crippen molar-refractivity contribution in [1.82, 2.24) is 0 Å². The molecule has 0 aromatic heterocycles. The number of benzene rings is 1. The number of unbranched alkanes of at least 4 members (excludes halogenated alkanes) is 1. The first-order valence-corrected chi connectivity index (χ1v) is 9.57. The van der Waals surface area contributed by atoms with E-state index >= 15 is 0 Å². The van der Waals surface area contributed by atoms with Gasteiger partial charge in [0.05, 0.1) is 12.7 Å². The highest BCUT2D eigenvalue weighted by atomic mass is 32.2. The Labute approximate surface area is 143 Å². The lowest BCUT2D eigenvalue weighted by Gasteiger charge is -2.19. The van der Waals surface area contributed by atoms with Crippen molar-refractivity contribution in [3.8, 4) is 5.75 Å². The lowest BCUT2D eigenvalue weighted by molar-refractivity contribution is 0.0999. The second kappa shape index (κ2) is 8.14. The number of nitrogens with two attached hydrogens (primary N) is 2. The van der Waals surface area contributed by atoms with Crippen LogP contribution in [0.25, 0.3) is 0 Å². The van der Waals surface area contributed by atoms with Crippen LogP contribution in [-0.4, -0.2) is 33.7 Å². The van der Waals surface area contributed by atoms with E-state index in [1.54, 1.807) is 6.07 Å². The van der Waals surface area contributed by atoms with Gasteiger partial charge in [0.15, 0.2) is 21.5 Å². The predicted molar refractivity (Wildman–Crippen MR) is 94.2 cm³/mol. The van der Waals surface area contributed by atoms with E-state index in [-0.39, 0.29) is 22.1 Å². The number of methoxy groups -OCH3 is 1. The Morgan fingerprint density at radius 2 is 1.96 bits per heavy atom. The van der Waals surface area contributed by atoms with E-state index in [2.05, 4.69) is 11.9 Å². The zero-order chi connectivity index (χ0) is 18.5. The van der Waals surface area contributed by atoms with Crippen LogP contribution < -0.4 is 16.2 Å². The van der Waals surface area contributed by atoms with Crippen LogP contribution in [0.1, 0.15) is 54.9 Å². The molecule has 0 spiro atoms. The Balaban J connectivity index is 3.61. The molecule has 0 radical (unpaired) electrons. The van der Waals surface area contributed by atoms with E-state index in [9.17, 15) is 13.2 Å². The number of hydrogen-bond acceptors (Lipinski definition) is 4. The van der Waals surface area contributed by atoms with Crippen molar-refractivity contribution in [2.75, 3.05) is 13.4 Å². The monoisotopic (exact) mass is 355 g/mol. The Morgan fingerprint density at radius 1 is 1.33 bits per heavy atom. The fourth-order valence-electron chi connectivity index (χ4n) is 2.56. The van der Waals surface area contributed by atoms with E-state index in [1.807, 2.05) is 6.92 Å². The van der Waals surface area contributed by atoms with Crippen molar-refractivity contribution < 1.29 is 17.9 Å². The first kappa shape index (κ1) is 20.0. The number of guanidine groups is 1. The zero-order valence-electron chi connectivity index (χ0n) is 14.5. The van der Waals surface area contributed by atoms with E-state index < -0.39 is 21.7 Å². The lowest BCUT2D eigenvalue weighted by atomic mass is 9.94. The maximum Gasteiger partial charge on any atom is 0.283 e. The Hall–Kier alpha value is -2.09. The van der Waals surface area contributed by atoms with E-state index in [0.29, 0.717) is 5.56 Å². The molecule has 1 rings (SSSR count). The van der Waals surface area contributed by atoms with E-state index in [4.69, 9.17) is 16.2 Å². The number of ether oxygens (including phenoxy) is 1. The van der Waals surface area contributed by atoms with Gasteiger partial charge in [0.25, 0.3) is 5.91 Å². The van der Waals surface area contributed by atoms with Crippen molar-refractivity contribution in [2.45, 2.75) is 43.9 Å². The molecule has 0 aliphatic heterocycles. The van der Waals surface area contributed by atoms with Crippen molar-refractivity contribution >= 4 is 21.7 Å². The summed E-state index contributed by atoms with van der Waals surface area (Å²) in [4.78, 5) is 15.6. The molecule has 1 amide bonds.